The zero-order valence-corrected chi connectivity index (χ0v) is 7.79. The van der Waals surface area contributed by atoms with Crippen LogP contribution in [0.4, 0.5) is 4.39 Å². The molecule has 5 heteroatoms. The van der Waals surface area contributed by atoms with Crippen molar-refractivity contribution in [2.75, 3.05) is 13.1 Å². The number of carbonyl (C=O) groups excluding carboxylic acids is 1. The summed E-state index contributed by atoms with van der Waals surface area (Å²) in [4.78, 5) is 22.6. The van der Waals surface area contributed by atoms with E-state index in [-0.39, 0.29) is 0 Å². The van der Waals surface area contributed by atoms with Gasteiger partial charge in [-0.3, -0.25) is 4.79 Å². The average Bonchev–Trinajstić information content (AvgIpc) is 2.06. The number of rotatable bonds is 5. The maximum atomic E-state index is 12.6. The van der Waals surface area contributed by atoms with E-state index in [1.54, 1.807) is 13.8 Å². The predicted octanol–water partition coefficient (Wildman–Crippen LogP) is 0.668. The van der Waals surface area contributed by atoms with Gasteiger partial charge in [-0.2, -0.15) is 0 Å². The zero-order valence-electron chi connectivity index (χ0n) is 7.79. The third-order valence-electron chi connectivity index (χ3n) is 1.74. The van der Waals surface area contributed by atoms with Gasteiger partial charge in [-0.15, -0.1) is 0 Å². The van der Waals surface area contributed by atoms with Crippen LogP contribution in [0.15, 0.2) is 0 Å². The van der Waals surface area contributed by atoms with Crippen LogP contribution in [0.5, 0.6) is 0 Å². The third kappa shape index (κ3) is 3.87. The standard InChI is InChI=1S/C8H14FNO3/c1-3-10(4-2)7(11)5-6(9)8(12)13/h6H,3-5H2,1-2H3,(H,12,13). The number of halogens is 1. The Bertz CT molecular complexity index is 192. The smallest absolute Gasteiger partial charge is 0.338 e. The van der Waals surface area contributed by atoms with Gasteiger partial charge in [0.05, 0.1) is 6.42 Å². The van der Waals surface area contributed by atoms with Gasteiger partial charge >= 0.3 is 5.97 Å². The summed E-state index contributed by atoms with van der Waals surface area (Å²) in [6, 6.07) is 0. The van der Waals surface area contributed by atoms with E-state index in [9.17, 15) is 14.0 Å². The highest BCUT2D eigenvalue weighted by Crippen LogP contribution is 2.02. The maximum Gasteiger partial charge on any atom is 0.338 e. The minimum absolute atomic E-state index is 0.458. The molecule has 0 bridgehead atoms. The number of amides is 1. The van der Waals surface area contributed by atoms with Gasteiger partial charge in [0.25, 0.3) is 0 Å². The Morgan fingerprint density at radius 3 is 2.15 bits per heavy atom. The fourth-order valence-electron chi connectivity index (χ4n) is 0.946. The van der Waals surface area contributed by atoms with Crippen LogP contribution in [0.2, 0.25) is 0 Å². The molecule has 0 saturated heterocycles. The van der Waals surface area contributed by atoms with Gasteiger partial charge in [-0.25, -0.2) is 9.18 Å². The lowest BCUT2D eigenvalue weighted by molar-refractivity contribution is -0.146. The van der Waals surface area contributed by atoms with Crippen molar-refractivity contribution >= 4 is 11.9 Å². The summed E-state index contributed by atoms with van der Waals surface area (Å²) in [5.74, 6) is -2.04. The summed E-state index contributed by atoms with van der Waals surface area (Å²) >= 11 is 0. The van der Waals surface area contributed by atoms with Gasteiger partial charge in [-0.1, -0.05) is 0 Å². The molecule has 0 rings (SSSR count). The Morgan fingerprint density at radius 2 is 1.85 bits per heavy atom. The number of carbonyl (C=O) groups is 2. The molecule has 13 heavy (non-hydrogen) atoms. The van der Waals surface area contributed by atoms with Crippen LogP contribution in [0.25, 0.3) is 0 Å². The van der Waals surface area contributed by atoms with Crippen LogP contribution in [-0.4, -0.2) is 41.1 Å². The van der Waals surface area contributed by atoms with E-state index < -0.39 is 24.5 Å². The van der Waals surface area contributed by atoms with Gasteiger partial charge in [-0.05, 0) is 13.8 Å². The average molecular weight is 191 g/mol. The molecule has 0 aromatic heterocycles. The van der Waals surface area contributed by atoms with Crippen molar-refractivity contribution in [2.45, 2.75) is 26.4 Å². The van der Waals surface area contributed by atoms with Crippen LogP contribution < -0.4 is 0 Å². The second-order valence-electron chi connectivity index (χ2n) is 2.58. The number of nitrogens with zero attached hydrogens (tertiary/aromatic N) is 1. The topological polar surface area (TPSA) is 57.6 Å². The van der Waals surface area contributed by atoms with Gasteiger partial charge in [0, 0.05) is 13.1 Å². The van der Waals surface area contributed by atoms with E-state index >= 15 is 0 Å². The number of carboxylic acid groups (broad SMARTS) is 1. The van der Waals surface area contributed by atoms with Crippen LogP contribution >= 0.6 is 0 Å². The lowest BCUT2D eigenvalue weighted by Gasteiger charge is -2.18. The van der Waals surface area contributed by atoms with Crippen molar-refractivity contribution < 1.29 is 19.1 Å². The monoisotopic (exact) mass is 191 g/mol. The summed E-state index contributed by atoms with van der Waals surface area (Å²) in [5, 5.41) is 8.21. The quantitative estimate of drug-likeness (QED) is 0.694. The van der Waals surface area contributed by atoms with Crippen LogP contribution in [0.3, 0.4) is 0 Å². The van der Waals surface area contributed by atoms with E-state index in [0.29, 0.717) is 13.1 Å². The summed E-state index contributed by atoms with van der Waals surface area (Å²) in [7, 11) is 0. The molecule has 0 aliphatic carbocycles. The maximum absolute atomic E-state index is 12.6. The highest BCUT2D eigenvalue weighted by Gasteiger charge is 2.22. The van der Waals surface area contributed by atoms with E-state index in [1.165, 1.54) is 4.90 Å². The molecular formula is C8H14FNO3. The third-order valence-corrected chi connectivity index (χ3v) is 1.74. The molecule has 0 aliphatic rings. The predicted molar refractivity (Wildman–Crippen MR) is 45.1 cm³/mol. The van der Waals surface area contributed by atoms with Gasteiger partial charge < -0.3 is 10.0 Å². The Morgan fingerprint density at radius 1 is 1.38 bits per heavy atom. The molecule has 4 nitrogen and oxygen atoms in total. The number of aliphatic carboxylic acids is 1. The molecule has 0 aromatic carbocycles. The molecule has 76 valence electrons. The summed E-state index contributed by atoms with van der Waals surface area (Å²) in [5.41, 5.74) is 0. The van der Waals surface area contributed by atoms with Crippen LogP contribution in [0, 0.1) is 0 Å². The molecule has 0 saturated carbocycles. The molecule has 0 spiro atoms. The summed E-state index contributed by atoms with van der Waals surface area (Å²) < 4.78 is 12.6. The first-order chi connectivity index (χ1) is 6.02. The normalized spacial score (nSPS) is 12.2. The first-order valence-electron chi connectivity index (χ1n) is 4.17. The van der Waals surface area contributed by atoms with Crippen molar-refractivity contribution in [1.29, 1.82) is 0 Å². The van der Waals surface area contributed by atoms with Gasteiger partial charge in [0.2, 0.25) is 12.1 Å². The SMILES string of the molecule is CCN(CC)C(=O)CC(F)C(=O)O. The first kappa shape index (κ1) is 11.9. The molecule has 1 amide bonds. The molecule has 0 heterocycles. The Balaban J connectivity index is 4.05. The van der Waals surface area contributed by atoms with E-state index in [1.807, 2.05) is 0 Å². The van der Waals surface area contributed by atoms with Crippen molar-refractivity contribution in [3.05, 3.63) is 0 Å². The van der Waals surface area contributed by atoms with Gasteiger partial charge in [0.15, 0.2) is 0 Å². The number of hydrogen-bond donors (Lipinski definition) is 1. The number of carboxylic acids is 1. The highest BCUT2D eigenvalue weighted by molar-refractivity contribution is 5.83. The lowest BCUT2D eigenvalue weighted by Crippen LogP contribution is -2.33. The second-order valence-corrected chi connectivity index (χ2v) is 2.58. The molecule has 1 atom stereocenters. The lowest BCUT2D eigenvalue weighted by atomic mass is 10.2. The molecule has 1 unspecified atom stereocenters. The van der Waals surface area contributed by atoms with Crippen molar-refractivity contribution in [2.24, 2.45) is 0 Å². The van der Waals surface area contributed by atoms with Crippen LogP contribution in [0.1, 0.15) is 20.3 Å². The fourth-order valence-corrected chi connectivity index (χ4v) is 0.946. The minimum atomic E-state index is -2.09. The number of hydrogen-bond acceptors (Lipinski definition) is 2. The minimum Gasteiger partial charge on any atom is -0.479 e. The molecular weight excluding hydrogens is 177 g/mol. The molecule has 1 N–H and O–H groups in total. The fraction of sp³-hybridized carbons (Fsp3) is 0.750. The van der Waals surface area contributed by atoms with Crippen molar-refractivity contribution in [1.82, 2.24) is 4.90 Å². The van der Waals surface area contributed by atoms with Crippen molar-refractivity contribution in [3.63, 3.8) is 0 Å². The van der Waals surface area contributed by atoms with Crippen molar-refractivity contribution in [3.8, 4) is 0 Å². The number of alkyl halides is 1. The zero-order chi connectivity index (χ0) is 10.4. The molecule has 0 aromatic rings. The first-order valence-corrected chi connectivity index (χ1v) is 4.17. The van der Waals surface area contributed by atoms with E-state index in [0.717, 1.165) is 0 Å². The Labute approximate surface area is 76.3 Å². The molecule has 0 radical (unpaired) electrons. The van der Waals surface area contributed by atoms with E-state index in [2.05, 4.69) is 0 Å². The van der Waals surface area contributed by atoms with Crippen LogP contribution in [-0.2, 0) is 9.59 Å². The Hall–Kier alpha value is -1.13. The second kappa shape index (κ2) is 5.50. The van der Waals surface area contributed by atoms with Gasteiger partial charge in [0.1, 0.15) is 0 Å². The van der Waals surface area contributed by atoms with E-state index in [4.69, 9.17) is 5.11 Å². The molecule has 0 fully saturated rings. The summed E-state index contributed by atoms with van der Waals surface area (Å²) in [6.45, 7) is 4.47. The highest BCUT2D eigenvalue weighted by atomic mass is 19.1. The Kier molecular flexibility index (Phi) is 5.03. The molecule has 0 aliphatic heterocycles. The summed E-state index contributed by atoms with van der Waals surface area (Å²) in [6.07, 6.45) is -2.66. The largest absolute Gasteiger partial charge is 0.479 e.